The van der Waals surface area contributed by atoms with E-state index in [1.54, 1.807) is 24.3 Å². The monoisotopic (exact) mass is 326 g/mol. The summed E-state index contributed by atoms with van der Waals surface area (Å²) < 4.78 is 14.4. The minimum absolute atomic E-state index is 0.0513. The molecule has 1 aromatic heterocycles. The topological polar surface area (TPSA) is 90.0 Å². The Bertz CT molecular complexity index is 903. The molecule has 24 heavy (non-hydrogen) atoms. The van der Waals surface area contributed by atoms with Gasteiger partial charge in [-0.1, -0.05) is 18.2 Å². The van der Waals surface area contributed by atoms with Crippen LogP contribution in [0.1, 0.15) is 6.42 Å². The van der Waals surface area contributed by atoms with Crippen LogP contribution in [0, 0.1) is 5.82 Å². The second kappa shape index (κ2) is 6.49. The molecule has 2 amide bonds. The molecule has 0 bridgehead atoms. The lowest BCUT2D eigenvalue weighted by Crippen LogP contribution is -2.32. The molecule has 1 heterocycles. The molecule has 0 fully saturated rings. The highest BCUT2D eigenvalue weighted by Crippen LogP contribution is 2.27. The van der Waals surface area contributed by atoms with Crippen LogP contribution in [0.15, 0.2) is 48.5 Å². The van der Waals surface area contributed by atoms with Gasteiger partial charge in [0.25, 0.3) is 0 Å². The number of carbonyl (C=O) groups is 2. The summed E-state index contributed by atoms with van der Waals surface area (Å²) >= 11 is 0. The van der Waals surface area contributed by atoms with Gasteiger partial charge in [-0.05, 0) is 30.3 Å². The smallest absolute Gasteiger partial charge is 0.342 e. The van der Waals surface area contributed by atoms with E-state index in [9.17, 15) is 14.0 Å². The van der Waals surface area contributed by atoms with Gasteiger partial charge in [0.2, 0.25) is 5.91 Å². The first kappa shape index (κ1) is 15.7. The number of rotatable bonds is 4. The van der Waals surface area contributed by atoms with Crippen LogP contribution in [0.2, 0.25) is 0 Å². The molecule has 3 aromatic rings. The van der Waals surface area contributed by atoms with E-state index in [0.717, 1.165) is 5.39 Å². The zero-order chi connectivity index (χ0) is 17.1. The minimum atomic E-state index is -0.493. The first-order valence-corrected chi connectivity index (χ1v) is 7.36. The summed E-state index contributed by atoms with van der Waals surface area (Å²) in [6.07, 6.45) is 0.0513. The van der Waals surface area contributed by atoms with Crippen molar-refractivity contribution in [1.82, 2.24) is 15.1 Å². The predicted molar refractivity (Wildman–Crippen MR) is 87.7 cm³/mol. The standard InChI is InChI=1S/C17H15FN4O2/c18-12-7-5-11(6-8-12)16-13-3-1-2-4-14(13)22(21-16)17(24)20-10-9-15(19)23/h1-8H,9-10H2,(H2,19,23)(H,20,24). The highest BCUT2D eigenvalue weighted by Gasteiger charge is 2.16. The molecule has 3 N–H and O–H groups in total. The van der Waals surface area contributed by atoms with Gasteiger partial charge < -0.3 is 11.1 Å². The molecule has 0 spiro atoms. The summed E-state index contributed by atoms with van der Waals surface area (Å²) in [7, 11) is 0. The van der Waals surface area contributed by atoms with E-state index in [1.165, 1.54) is 16.8 Å². The Hall–Kier alpha value is -3.22. The number of hydrogen-bond acceptors (Lipinski definition) is 3. The van der Waals surface area contributed by atoms with Gasteiger partial charge in [0.15, 0.2) is 0 Å². The average molecular weight is 326 g/mol. The first-order valence-electron chi connectivity index (χ1n) is 7.36. The molecule has 122 valence electrons. The number of hydrogen-bond donors (Lipinski definition) is 2. The maximum absolute atomic E-state index is 13.1. The van der Waals surface area contributed by atoms with Crippen LogP contribution in [0.5, 0.6) is 0 Å². The largest absolute Gasteiger partial charge is 0.370 e. The van der Waals surface area contributed by atoms with Crippen molar-refractivity contribution in [1.29, 1.82) is 0 Å². The van der Waals surface area contributed by atoms with Gasteiger partial charge in [-0.25, -0.2) is 9.18 Å². The molecule has 0 aliphatic heterocycles. The molecule has 0 aliphatic rings. The summed E-state index contributed by atoms with van der Waals surface area (Å²) in [6.45, 7) is 0.133. The third kappa shape index (κ3) is 3.10. The number of nitrogens with one attached hydrogen (secondary N) is 1. The summed E-state index contributed by atoms with van der Waals surface area (Å²) in [4.78, 5) is 23.1. The van der Waals surface area contributed by atoms with Crippen molar-refractivity contribution in [2.24, 2.45) is 5.73 Å². The second-order valence-electron chi connectivity index (χ2n) is 5.23. The maximum atomic E-state index is 13.1. The van der Waals surface area contributed by atoms with E-state index in [0.29, 0.717) is 16.8 Å². The van der Waals surface area contributed by atoms with E-state index < -0.39 is 11.9 Å². The van der Waals surface area contributed by atoms with Gasteiger partial charge in [0, 0.05) is 23.9 Å². The number of amides is 2. The Labute approximate surface area is 137 Å². The molecule has 7 heteroatoms. The van der Waals surface area contributed by atoms with Crippen LogP contribution in [0.3, 0.4) is 0 Å². The fourth-order valence-corrected chi connectivity index (χ4v) is 2.41. The van der Waals surface area contributed by atoms with Gasteiger partial charge >= 0.3 is 6.03 Å². The Morgan fingerprint density at radius 3 is 2.54 bits per heavy atom. The minimum Gasteiger partial charge on any atom is -0.370 e. The van der Waals surface area contributed by atoms with Crippen LogP contribution in [0.4, 0.5) is 9.18 Å². The predicted octanol–water partition coefficient (Wildman–Crippen LogP) is 2.28. The number of benzene rings is 2. The van der Waals surface area contributed by atoms with Crippen molar-refractivity contribution < 1.29 is 14.0 Å². The van der Waals surface area contributed by atoms with Crippen molar-refractivity contribution in [3.63, 3.8) is 0 Å². The molecule has 3 rings (SSSR count). The Kier molecular flexibility index (Phi) is 4.24. The second-order valence-corrected chi connectivity index (χ2v) is 5.23. The molecule has 0 atom stereocenters. The Morgan fingerprint density at radius 2 is 1.83 bits per heavy atom. The van der Waals surface area contributed by atoms with Crippen molar-refractivity contribution in [3.05, 3.63) is 54.3 Å². The number of nitrogens with zero attached hydrogens (tertiary/aromatic N) is 2. The summed E-state index contributed by atoms with van der Waals surface area (Å²) in [5.74, 6) is -0.834. The number of primary amides is 1. The van der Waals surface area contributed by atoms with Crippen molar-refractivity contribution in [2.75, 3.05) is 6.54 Å². The lowest BCUT2D eigenvalue weighted by molar-refractivity contribution is -0.117. The van der Waals surface area contributed by atoms with Gasteiger partial charge in [0.1, 0.15) is 11.5 Å². The van der Waals surface area contributed by atoms with Crippen LogP contribution in [0.25, 0.3) is 22.2 Å². The molecule has 0 saturated carbocycles. The molecule has 6 nitrogen and oxygen atoms in total. The van der Waals surface area contributed by atoms with Crippen LogP contribution in [-0.4, -0.2) is 28.3 Å². The Balaban J connectivity index is 1.99. The number of nitrogens with two attached hydrogens (primary N) is 1. The van der Waals surface area contributed by atoms with Gasteiger partial charge in [0.05, 0.1) is 5.52 Å². The normalized spacial score (nSPS) is 10.7. The van der Waals surface area contributed by atoms with E-state index >= 15 is 0 Å². The van der Waals surface area contributed by atoms with Crippen LogP contribution >= 0.6 is 0 Å². The molecule has 0 aliphatic carbocycles. The number of fused-ring (bicyclic) bond motifs is 1. The highest BCUT2D eigenvalue weighted by atomic mass is 19.1. The summed E-state index contributed by atoms with van der Waals surface area (Å²) in [5.41, 5.74) is 6.96. The van der Waals surface area contributed by atoms with Crippen LogP contribution in [-0.2, 0) is 4.79 Å². The van der Waals surface area contributed by atoms with Gasteiger partial charge in [-0.3, -0.25) is 4.79 Å². The highest BCUT2D eigenvalue weighted by molar-refractivity contribution is 5.98. The van der Waals surface area contributed by atoms with E-state index in [4.69, 9.17) is 5.73 Å². The Morgan fingerprint density at radius 1 is 1.12 bits per heavy atom. The van der Waals surface area contributed by atoms with Crippen molar-refractivity contribution in [3.8, 4) is 11.3 Å². The molecular weight excluding hydrogens is 311 g/mol. The number of aromatic nitrogens is 2. The quantitative estimate of drug-likeness (QED) is 0.770. The average Bonchev–Trinajstić information content (AvgIpc) is 2.95. The van der Waals surface area contributed by atoms with E-state index in [2.05, 4.69) is 10.4 Å². The van der Waals surface area contributed by atoms with E-state index in [1.807, 2.05) is 12.1 Å². The van der Waals surface area contributed by atoms with Crippen molar-refractivity contribution >= 4 is 22.8 Å². The number of halogens is 1. The fourth-order valence-electron chi connectivity index (χ4n) is 2.41. The zero-order valence-corrected chi connectivity index (χ0v) is 12.7. The zero-order valence-electron chi connectivity index (χ0n) is 12.7. The number of para-hydroxylation sites is 1. The lowest BCUT2D eigenvalue weighted by atomic mass is 10.1. The van der Waals surface area contributed by atoms with Crippen molar-refractivity contribution in [2.45, 2.75) is 6.42 Å². The summed E-state index contributed by atoms with van der Waals surface area (Å²) in [5, 5.41) is 7.72. The van der Waals surface area contributed by atoms with Crippen LogP contribution < -0.4 is 11.1 Å². The molecule has 0 radical (unpaired) electrons. The third-order valence-corrected chi connectivity index (χ3v) is 3.55. The SMILES string of the molecule is NC(=O)CCNC(=O)n1nc(-c2ccc(F)cc2)c2ccccc21. The third-order valence-electron chi connectivity index (χ3n) is 3.55. The number of carbonyl (C=O) groups excluding carboxylic acids is 2. The lowest BCUT2D eigenvalue weighted by Gasteiger charge is -2.04. The maximum Gasteiger partial charge on any atom is 0.342 e. The van der Waals surface area contributed by atoms with E-state index in [-0.39, 0.29) is 18.8 Å². The molecular formula is C17H15FN4O2. The fraction of sp³-hybridized carbons (Fsp3) is 0.118. The molecule has 0 unspecified atom stereocenters. The first-order chi connectivity index (χ1) is 11.6. The van der Waals surface area contributed by atoms with Gasteiger partial charge in [-0.15, -0.1) is 0 Å². The summed E-state index contributed by atoms with van der Waals surface area (Å²) in [6, 6.07) is 12.7. The van der Waals surface area contributed by atoms with Gasteiger partial charge in [-0.2, -0.15) is 9.78 Å². The molecule has 2 aromatic carbocycles. The molecule has 0 saturated heterocycles.